The molecule has 1 aliphatic heterocycles. The number of carbonyl (C=O) groups is 2. The topological polar surface area (TPSA) is 145 Å². The third kappa shape index (κ3) is 4.73. The van der Waals surface area contributed by atoms with E-state index in [-0.39, 0.29) is 18.3 Å². The van der Waals surface area contributed by atoms with Gasteiger partial charge in [0, 0.05) is 30.6 Å². The molecule has 10 heteroatoms. The van der Waals surface area contributed by atoms with Gasteiger partial charge in [0.15, 0.2) is 0 Å². The molecule has 1 saturated heterocycles. The smallest absolute Gasteiger partial charge is 0.312 e. The Bertz CT molecular complexity index is 1240. The number of fused-ring (bicyclic) bond motifs is 1. The Morgan fingerprint density at radius 1 is 1.21 bits per heavy atom. The van der Waals surface area contributed by atoms with Crippen LogP contribution in [0.25, 0.3) is 10.9 Å². The van der Waals surface area contributed by atoms with Gasteiger partial charge in [-0.1, -0.05) is 29.8 Å². The molecule has 5 N–H and O–H groups in total. The van der Waals surface area contributed by atoms with E-state index in [0.29, 0.717) is 51.5 Å². The summed E-state index contributed by atoms with van der Waals surface area (Å²) in [5, 5.41) is 21.3. The van der Waals surface area contributed by atoms with Crippen LogP contribution >= 0.6 is 11.6 Å². The number of carbonyl (C=O) groups excluding carboxylic acids is 1. The average molecular weight is 467 g/mol. The standard InChI is InChI=1S/C23H23ClN6O3/c24-18-9-16-19(10-15(18)22(31)30-6-1-2-7-30)28-12-29-21(16)27-11-17(23(32)33)13-4-3-5-14(8-13)20(25)26/h3-5,8-10,12,17H,1-2,6-7,11H2,(H3,25,26)(H,32,33)(H,27,28,29). The number of nitrogens with two attached hydrogens (primary N) is 1. The number of amidine groups is 1. The van der Waals surface area contributed by atoms with Gasteiger partial charge >= 0.3 is 5.97 Å². The molecular formula is C23H23ClN6O3. The van der Waals surface area contributed by atoms with E-state index in [4.69, 9.17) is 22.7 Å². The van der Waals surface area contributed by atoms with Gasteiger partial charge < -0.3 is 21.1 Å². The number of aliphatic carboxylic acids is 1. The number of benzene rings is 2. The van der Waals surface area contributed by atoms with Crippen LogP contribution in [0.4, 0.5) is 5.82 Å². The molecule has 9 nitrogen and oxygen atoms in total. The van der Waals surface area contributed by atoms with E-state index >= 15 is 0 Å². The Balaban J connectivity index is 1.61. The summed E-state index contributed by atoms with van der Waals surface area (Å²) < 4.78 is 0. The summed E-state index contributed by atoms with van der Waals surface area (Å²) in [5.41, 5.74) is 7.42. The van der Waals surface area contributed by atoms with Crippen LogP contribution in [0.1, 0.15) is 40.2 Å². The maximum Gasteiger partial charge on any atom is 0.312 e. The summed E-state index contributed by atoms with van der Waals surface area (Å²) in [7, 11) is 0. The first-order valence-corrected chi connectivity index (χ1v) is 10.9. The number of aromatic nitrogens is 2. The zero-order valence-corrected chi connectivity index (χ0v) is 18.5. The van der Waals surface area contributed by atoms with Gasteiger partial charge in [-0.15, -0.1) is 0 Å². The van der Waals surface area contributed by atoms with E-state index in [2.05, 4.69) is 15.3 Å². The van der Waals surface area contributed by atoms with Crippen molar-refractivity contribution in [2.24, 2.45) is 5.73 Å². The molecule has 1 aliphatic rings. The van der Waals surface area contributed by atoms with E-state index in [1.807, 2.05) is 0 Å². The quantitative estimate of drug-likeness (QED) is 0.309. The fourth-order valence-electron chi connectivity index (χ4n) is 3.94. The van der Waals surface area contributed by atoms with Crippen LogP contribution in [0.5, 0.6) is 0 Å². The molecule has 1 amide bonds. The highest BCUT2D eigenvalue weighted by molar-refractivity contribution is 6.34. The number of halogens is 1. The van der Waals surface area contributed by atoms with Crippen molar-refractivity contribution in [1.29, 1.82) is 5.41 Å². The van der Waals surface area contributed by atoms with Gasteiger partial charge in [0.1, 0.15) is 18.0 Å². The van der Waals surface area contributed by atoms with Gasteiger partial charge in [-0.05, 0) is 36.6 Å². The highest BCUT2D eigenvalue weighted by Crippen LogP contribution is 2.29. The molecule has 0 radical (unpaired) electrons. The summed E-state index contributed by atoms with van der Waals surface area (Å²) in [6, 6.07) is 9.87. The van der Waals surface area contributed by atoms with Gasteiger partial charge in [0.25, 0.3) is 5.91 Å². The lowest BCUT2D eigenvalue weighted by atomic mass is 9.97. The summed E-state index contributed by atoms with van der Waals surface area (Å²) in [6.45, 7) is 1.46. The third-order valence-electron chi connectivity index (χ3n) is 5.72. The molecule has 1 fully saturated rings. The minimum atomic E-state index is -1.03. The molecule has 0 saturated carbocycles. The Morgan fingerprint density at radius 2 is 1.97 bits per heavy atom. The van der Waals surface area contributed by atoms with E-state index in [9.17, 15) is 14.7 Å². The van der Waals surface area contributed by atoms with Gasteiger partial charge in [-0.25, -0.2) is 9.97 Å². The lowest BCUT2D eigenvalue weighted by molar-refractivity contribution is -0.138. The maximum absolute atomic E-state index is 12.8. The predicted molar refractivity (Wildman–Crippen MR) is 126 cm³/mol. The predicted octanol–water partition coefficient (Wildman–Crippen LogP) is 3.08. The van der Waals surface area contributed by atoms with Crippen molar-refractivity contribution in [3.63, 3.8) is 0 Å². The van der Waals surface area contributed by atoms with Crippen LogP contribution in [-0.4, -0.2) is 57.3 Å². The van der Waals surface area contributed by atoms with Crippen molar-refractivity contribution in [3.8, 4) is 0 Å². The SMILES string of the molecule is N=C(N)c1cccc(C(CNc2ncnc3cc(C(=O)N4CCCC4)c(Cl)cc23)C(=O)O)c1. The van der Waals surface area contributed by atoms with E-state index in [1.54, 1.807) is 41.3 Å². The molecule has 1 aromatic heterocycles. The second kappa shape index (κ2) is 9.41. The molecule has 0 aliphatic carbocycles. The first-order valence-electron chi connectivity index (χ1n) is 10.5. The van der Waals surface area contributed by atoms with Crippen molar-refractivity contribution < 1.29 is 14.7 Å². The summed E-state index contributed by atoms with van der Waals surface area (Å²) >= 11 is 6.45. The molecular weight excluding hydrogens is 444 g/mol. The number of likely N-dealkylation sites (tertiary alicyclic amines) is 1. The maximum atomic E-state index is 12.8. The summed E-state index contributed by atoms with van der Waals surface area (Å²) in [4.78, 5) is 35.1. The molecule has 2 heterocycles. The van der Waals surface area contributed by atoms with Crippen molar-refractivity contribution >= 4 is 46.0 Å². The largest absolute Gasteiger partial charge is 0.481 e. The number of nitrogens with one attached hydrogen (secondary N) is 2. The first-order chi connectivity index (χ1) is 15.8. The molecule has 1 unspecified atom stereocenters. The zero-order valence-electron chi connectivity index (χ0n) is 17.7. The van der Waals surface area contributed by atoms with Crippen molar-refractivity contribution in [1.82, 2.24) is 14.9 Å². The number of carboxylic acids is 1. The number of rotatable bonds is 7. The number of nitrogens with zero attached hydrogens (tertiary/aromatic N) is 3. The fraction of sp³-hybridized carbons (Fsp3) is 0.261. The van der Waals surface area contributed by atoms with Crippen molar-refractivity contribution in [2.75, 3.05) is 25.0 Å². The second-order valence-electron chi connectivity index (χ2n) is 7.88. The normalized spacial score (nSPS) is 14.3. The van der Waals surface area contributed by atoms with E-state index in [0.717, 1.165) is 12.8 Å². The molecule has 170 valence electrons. The summed E-state index contributed by atoms with van der Waals surface area (Å²) in [5.74, 6) is -1.77. The Labute approximate surface area is 195 Å². The monoisotopic (exact) mass is 466 g/mol. The molecule has 0 bridgehead atoms. The Kier molecular flexibility index (Phi) is 6.41. The molecule has 33 heavy (non-hydrogen) atoms. The molecule has 4 rings (SSSR count). The number of amides is 1. The number of carboxylic acid groups (broad SMARTS) is 1. The van der Waals surface area contributed by atoms with Crippen LogP contribution in [0.3, 0.4) is 0 Å². The molecule has 1 atom stereocenters. The zero-order chi connectivity index (χ0) is 23.5. The number of hydrogen-bond donors (Lipinski definition) is 4. The van der Waals surface area contributed by atoms with Crippen molar-refractivity contribution in [2.45, 2.75) is 18.8 Å². The minimum absolute atomic E-state index is 0.0366. The van der Waals surface area contributed by atoms with Crippen LogP contribution < -0.4 is 11.1 Å². The number of hydrogen-bond acceptors (Lipinski definition) is 6. The minimum Gasteiger partial charge on any atom is -0.481 e. The van der Waals surface area contributed by atoms with Gasteiger partial charge in [0.2, 0.25) is 0 Å². The number of anilines is 1. The summed E-state index contributed by atoms with van der Waals surface area (Å²) in [6.07, 6.45) is 3.31. The van der Waals surface area contributed by atoms with Crippen molar-refractivity contribution in [3.05, 3.63) is 64.4 Å². The van der Waals surface area contributed by atoms with E-state index in [1.165, 1.54) is 6.33 Å². The van der Waals surface area contributed by atoms with Gasteiger partial charge in [0.05, 0.1) is 22.0 Å². The Morgan fingerprint density at radius 3 is 2.67 bits per heavy atom. The molecule has 0 spiro atoms. The second-order valence-corrected chi connectivity index (χ2v) is 8.29. The van der Waals surface area contributed by atoms with E-state index < -0.39 is 11.9 Å². The lowest BCUT2D eigenvalue weighted by Gasteiger charge is -2.18. The Hall–Kier alpha value is -3.72. The van der Waals surface area contributed by atoms with Crippen LogP contribution in [-0.2, 0) is 4.79 Å². The average Bonchev–Trinajstić information content (AvgIpc) is 3.33. The van der Waals surface area contributed by atoms with Crippen LogP contribution in [0.15, 0.2) is 42.7 Å². The van der Waals surface area contributed by atoms with Gasteiger partial charge in [-0.3, -0.25) is 15.0 Å². The fourth-order valence-corrected chi connectivity index (χ4v) is 4.19. The lowest BCUT2D eigenvalue weighted by Crippen LogP contribution is -2.27. The number of nitrogen functional groups attached to an aromatic ring is 1. The van der Waals surface area contributed by atoms with Crippen LogP contribution in [0, 0.1) is 5.41 Å². The van der Waals surface area contributed by atoms with Crippen LogP contribution in [0.2, 0.25) is 5.02 Å². The third-order valence-corrected chi connectivity index (χ3v) is 6.03. The molecule has 2 aromatic carbocycles. The molecule has 3 aromatic rings. The van der Waals surface area contributed by atoms with Gasteiger partial charge in [-0.2, -0.15) is 0 Å². The highest BCUT2D eigenvalue weighted by atomic mass is 35.5. The highest BCUT2D eigenvalue weighted by Gasteiger charge is 2.24. The first kappa shape index (κ1) is 22.5.